The van der Waals surface area contributed by atoms with Crippen molar-refractivity contribution in [1.82, 2.24) is 30.7 Å². The topological polar surface area (TPSA) is 166 Å². The van der Waals surface area contributed by atoms with Crippen LogP contribution in [-0.2, 0) is 11.2 Å². The van der Waals surface area contributed by atoms with E-state index < -0.39 is 5.91 Å². The van der Waals surface area contributed by atoms with E-state index in [2.05, 4.69) is 41.1 Å². The number of hydrogen-bond donors (Lipinski definition) is 3. The second-order valence-electron chi connectivity index (χ2n) is 6.02. The van der Waals surface area contributed by atoms with Crippen LogP contribution in [0.4, 0.5) is 11.5 Å². The fourth-order valence-corrected chi connectivity index (χ4v) is 2.52. The van der Waals surface area contributed by atoms with Gasteiger partial charge >= 0.3 is 0 Å². The van der Waals surface area contributed by atoms with Gasteiger partial charge in [-0.2, -0.15) is 9.78 Å². The molecule has 2 aromatic heterocycles. The molecule has 12 heteroatoms. The summed E-state index contributed by atoms with van der Waals surface area (Å²) in [7, 11) is 0. The zero-order valence-electron chi connectivity index (χ0n) is 15.8. The number of carbonyl (C=O) groups is 2. The van der Waals surface area contributed by atoms with Crippen LogP contribution in [0.25, 0.3) is 5.82 Å². The fourth-order valence-electron chi connectivity index (χ4n) is 2.52. The Balaban J connectivity index is 1.72. The third kappa shape index (κ3) is 4.61. The number of anilines is 2. The summed E-state index contributed by atoms with van der Waals surface area (Å²) in [6.07, 6.45) is 2.72. The van der Waals surface area contributed by atoms with Gasteiger partial charge in [0.2, 0.25) is 17.5 Å². The van der Waals surface area contributed by atoms with Crippen LogP contribution in [0.2, 0.25) is 0 Å². The Labute approximate surface area is 165 Å². The summed E-state index contributed by atoms with van der Waals surface area (Å²) in [6, 6.07) is 6.96. The summed E-state index contributed by atoms with van der Waals surface area (Å²) in [5.74, 6) is -0.471. The first-order valence-corrected chi connectivity index (χ1v) is 8.73. The van der Waals surface area contributed by atoms with Gasteiger partial charge in [-0.1, -0.05) is 30.7 Å². The molecule has 0 aliphatic rings. The predicted octanol–water partition coefficient (Wildman–Crippen LogP) is 0.907. The maximum Gasteiger partial charge on any atom is 0.293 e. The van der Waals surface area contributed by atoms with Crippen molar-refractivity contribution < 1.29 is 14.2 Å². The van der Waals surface area contributed by atoms with Gasteiger partial charge in [0, 0.05) is 12.6 Å². The Morgan fingerprint density at radius 1 is 1.28 bits per heavy atom. The van der Waals surface area contributed by atoms with Crippen molar-refractivity contribution in [1.29, 1.82) is 0 Å². The highest BCUT2D eigenvalue weighted by Gasteiger charge is 2.23. The van der Waals surface area contributed by atoms with Crippen molar-refractivity contribution in [3.63, 3.8) is 0 Å². The number of rotatable bonds is 7. The van der Waals surface area contributed by atoms with Crippen LogP contribution in [0, 0.1) is 0 Å². The summed E-state index contributed by atoms with van der Waals surface area (Å²) in [6.45, 7) is 3.38. The molecule has 0 fully saturated rings. The third-order valence-corrected chi connectivity index (χ3v) is 3.77. The average molecular weight is 397 g/mol. The molecule has 150 valence electrons. The van der Waals surface area contributed by atoms with Crippen LogP contribution < -0.4 is 16.5 Å². The first kappa shape index (κ1) is 19.7. The number of nitrogens with two attached hydrogens (primary N) is 1. The molecule has 4 N–H and O–H groups in total. The van der Waals surface area contributed by atoms with Gasteiger partial charge in [0.15, 0.2) is 5.69 Å². The van der Waals surface area contributed by atoms with Crippen LogP contribution in [0.5, 0.6) is 0 Å². The van der Waals surface area contributed by atoms with E-state index in [1.807, 2.05) is 6.92 Å². The number of amides is 2. The van der Waals surface area contributed by atoms with Gasteiger partial charge in [0.1, 0.15) is 0 Å². The number of nitrogen functional groups attached to an aromatic ring is 1. The molecule has 0 unspecified atom stereocenters. The van der Waals surface area contributed by atoms with Gasteiger partial charge in [0.25, 0.3) is 5.91 Å². The smallest absolute Gasteiger partial charge is 0.293 e. The zero-order chi connectivity index (χ0) is 20.8. The zero-order valence-corrected chi connectivity index (χ0v) is 15.8. The Morgan fingerprint density at radius 3 is 2.66 bits per heavy atom. The largest absolute Gasteiger partial charge is 0.378 e. The van der Waals surface area contributed by atoms with E-state index in [1.165, 1.54) is 17.8 Å². The van der Waals surface area contributed by atoms with Gasteiger partial charge < -0.3 is 11.1 Å². The van der Waals surface area contributed by atoms with Crippen molar-refractivity contribution in [2.24, 2.45) is 5.10 Å². The Morgan fingerprint density at radius 2 is 2.03 bits per heavy atom. The number of nitrogens with one attached hydrogen (secondary N) is 2. The molecule has 0 aliphatic carbocycles. The molecule has 2 heterocycles. The summed E-state index contributed by atoms with van der Waals surface area (Å²) < 4.78 is 5.91. The first-order chi connectivity index (χ1) is 14.0. The SMILES string of the molecule is CCCc1c(C(=O)NN=Cc2ccc(NC(C)=O)cc2)nnn1-c1nonc1N. The lowest BCUT2D eigenvalue weighted by Gasteiger charge is -2.04. The van der Waals surface area contributed by atoms with Crippen molar-refractivity contribution >= 4 is 29.5 Å². The number of carbonyl (C=O) groups excluding carboxylic acids is 2. The number of hydrogen-bond acceptors (Lipinski definition) is 9. The minimum Gasteiger partial charge on any atom is -0.378 e. The number of hydrazone groups is 1. The molecule has 2 amide bonds. The van der Waals surface area contributed by atoms with E-state index in [-0.39, 0.29) is 23.2 Å². The van der Waals surface area contributed by atoms with Crippen molar-refractivity contribution in [3.05, 3.63) is 41.2 Å². The van der Waals surface area contributed by atoms with Crippen LogP contribution >= 0.6 is 0 Å². The minimum atomic E-state index is -0.527. The maximum absolute atomic E-state index is 12.5. The standard InChI is InChI=1S/C17H19N9O3/c1-3-4-13-14(21-25-26(13)16-15(18)23-29-24-16)17(28)22-19-9-11-5-7-12(8-6-11)20-10(2)27/h5-9H,3-4H2,1-2H3,(H2,18,23)(H,20,27)(H,22,28). The highest BCUT2D eigenvalue weighted by atomic mass is 16.6. The maximum atomic E-state index is 12.5. The number of benzene rings is 1. The summed E-state index contributed by atoms with van der Waals surface area (Å²) in [5, 5.41) is 21.7. The Kier molecular flexibility index (Phi) is 5.92. The molecule has 0 saturated heterocycles. The Bertz CT molecular complexity index is 1040. The van der Waals surface area contributed by atoms with Gasteiger partial charge in [-0.15, -0.1) is 5.10 Å². The summed E-state index contributed by atoms with van der Waals surface area (Å²) >= 11 is 0. The van der Waals surface area contributed by atoms with Crippen LogP contribution in [0.3, 0.4) is 0 Å². The monoisotopic (exact) mass is 397 g/mol. The third-order valence-electron chi connectivity index (χ3n) is 3.77. The lowest BCUT2D eigenvalue weighted by molar-refractivity contribution is -0.114. The second kappa shape index (κ2) is 8.73. The molecule has 29 heavy (non-hydrogen) atoms. The highest BCUT2D eigenvalue weighted by molar-refractivity contribution is 5.94. The number of aromatic nitrogens is 5. The van der Waals surface area contributed by atoms with E-state index >= 15 is 0 Å². The quantitative estimate of drug-likeness (QED) is 0.390. The highest BCUT2D eigenvalue weighted by Crippen LogP contribution is 2.17. The van der Waals surface area contributed by atoms with Gasteiger partial charge in [-0.25, -0.2) is 10.1 Å². The molecule has 3 rings (SSSR count). The van der Waals surface area contributed by atoms with E-state index in [1.54, 1.807) is 24.3 Å². The summed E-state index contributed by atoms with van der Waals surface area (Å²) in [5.41, 5.74) is 10.1. The molecule has 0 bridgehead atoms. The van der Waals surface area contributed by atoms with Crippen LogP contribution in [-0.4, -0.2) is 43.3 Å². The molecule has 1 aromatic carbocycles. The normalized spacial score (nSPS) is 11.0. The molecule has 0 spiro atoms. The molecule has 0 radical (unpaired) electrons. The van der Waals surface area contributed by atoms with Gasteiger partial charge in [-0.3, -0.25) is 9.59 Å². The summed E-state index contributed by atoms with van der Waals surface area (Å²) in [4.78, 5) is 23.5. The molecular formula is C17H19N9O3. The minimum absolute atomic E-state index is 0.0416. The second-order valence-corrected chi connectivity index (χ2v) is 6.02. The van der Waals surface area contributed by atoms with Crippen molar-refractivity contribution in [3.8, 4) is 5.82 Å². The molecular weight excluding hydrogens is 378 g/mol. The van der Waals surface area contributed by atoms with Crippen LogP contribution in [0.1, 0.15) is 42.0 Å². The average Bonchev–Trinajstić information content (AvgIpc) is 3.29. The molecule has 0 atom stereocenters. The van der Waals surface area contributed by atoms with Gasteiger partial charge in [-0.05, 0) is 34.4 Å². The van der Waals surface area contributed by atoms with E-state index in [4.69, 9.17) is 5.73 Å². The molecule has 3 aromatic rings. The van der Waals surface area contributed by atoms with Crippen LogP contribution in [0.15, 0.2) is 34.0 Å². The molecule has 0 aliphatic heterocycles. The van der Waals surface area contributed by atoms with E-state index in [0.29, 0.717) is 17.8 Å². The lowest BCUT2D eigenvalue weighted by Crippen LogP contribution is -2.20. The molecule has 12 nitrogen and oxygen atoms in total. The lowest BCUT2D eigenvalue weighted by atomic mass is 10.2. The van der Waals surface area contributed by atoms with E-state index in [9.17, 15) is 9.59 Å². The van der Waals surface area contributed by atoms with E-state index in [0.717, 1.165) is 12.0 Å². The first-order valence-electron chi connectivity index (χ1n) is 8.73. The van der Waals surface area contributed by atoms with Gasteiger partial charge in [0.05, 0.1) is 11.9 Å². The Hall–Kier alpha value is -4.09. The number of nitrogens with zero attached hydrogens (tertiary/aromatic N) is 6. The predicted molar refractivity (Wildman–Crippen MR) is 103 cm³/mol. The fraction of sp³-hybridized carbons (Fsp3) is 0.235. The molecule has 0 saturated carbocycles. The van der Waals surface area contributed by atoms with Crippen molar-refractivity contribution in [2.75, 3.05) is 11.1 Å². The van der Waals surface area contributed by atoms with Crippen molar-refractivity contribution in [2.45, 2.75) is 26.7 Å².